The molecular formula is C13H28IN3O2. The highest BCUT2D eigenvalue weighted by atomic mass is 127. The molecule has 0 bridgehead atoms. The van der Waals surface area contributed by atoms with Gasteiger partial charge in [-0.15, -0.1) is 24.0 Å². The van der Waals surface area contributed by atoms with Gasteiger partial charge in [-0.3, -0.25) is 4.79 Å². The van der Waals surface area contributed by atoms with Crippen molar-refractivity contribution in [2.24, 2.45) is 10.7 Å². The number of nitrogens with two attached hydrogens (primary N) is 1. The summed E-state index contributed by atoms with van der Waals surface area (Å²) in [6.07, 6.45) is 4.69. The lowest BCUT2D eigenvalue weighted by Crippen LogP contribution is -2.33. The van der Waals surface area contributed by atoms with Crippen LogP contribution >= 0.6 is 24.0 Å². The Labute approximate surface area is 133 Å². The van der Waals surface area contributed by atoms with E-state index in [9.17, 15) is 4.79 Å². The first-order chi connectivity index (χ1) is 8.35. The highest BCUT2D eigenvalue weighted by molar-refractivity contribution is 14.0. The molecule has 0 aromatic carbocycles. The average molecular weight is 385 g/mol. The van der Waals surface area contributed by atoms with E-state index in [0.29, 0.717) is 5.96 Å². The third-order valence-corrected chi connectivity index (χ3v) is 2.13. The Hall–Kier alpha value is -0.530. The van der Waals surface area contributed by atoms with Crippen LogP contribution in [0.1, 0.15) is 53.4 Å². The van der Waals surface area contributed by atoms with Crippen molar-refractivity contribution in [3.05, 3.63) is 0 Å². The molecule has 3 N–H and O–H groups in total. The van der Waals surface area contributed by atoms with Crippen molar-refractivity contribution < 1.29 is 9.53 Å². The van der Waals surface area contributed by atoms with Gasteiger partial charge >= 0.3 is 5.97 Å². The number of ether oxygens (including phenoxy) is 1. The average Bonchev–Trinajstić information content (AvgIpc) is 2.24. The summed E-state index contributed by atoms with van der Waals surface area (Å²) in [6, 6.07) is 0. The van der Waals surface area contributed by atoms with Gasteiger partial charge in [0.1, 0.15) is 12.1 Å². The van der Waals surface area contributed by atoms with Crippen molar-refractivity contribution in [1.29, 1.82) is 0 Å². The summed E-state index contributed by atoms with van der Waals surface area (Å²) in [4.78, 5) is 15.3. The summed E-state index contributed by atoms with van der Waals surface area (Å²) >= 11 is 0. The van der Waals surface area contributed by atoms with Crippen LogP contribution in [0, 0.1) is 0 Å². The maximum Gasteiger partial charge on any atom is 0.328 e. The number of aliphatic imine (C=N–C) groups is 1. The van der Waals surface area contributed by atoms with Gasteiger partial charge in [0.25, 0.3) is 0 Å². The fourth-order valence-corrected chi connectivity index (χ4v) is 1.35. The quantitative estimate of drug-likeness (QED) is 0.232. The maximum absolute atomic E-state index is 11.4. The van der Waals surface area contributed by atoms with Crippen LogP contribution in [0.5, 0.6) is 0 Å². The monoisotopic (exact) mass is 385 g/mol. The number of carbonyl (C=O) groups excluding carboxylic acids is 1. The largest absolute Gasteiger partial charge is 0.459 e. The predicted octanol–water partition coefficient (Wildman–Crippen LogP) is 2.43. The number of esters is 1. The van der Waals surface area contributed by atoms with Crippen molar-refractivity contribution in [1.82, 2.24) is 5.32 Å². The summed E-state index contributed by atoms with van der Waals surface area (Å²) < 4.78 is 5.12. The number of carbonyl (C=O) groups is 1. The number of nitrogens with zero attached hydrogens (tertiary/aromatic N) is 1. The Morgan fingerprint density at radius 2 is 1.89 bits per heavy atom. The number of rotatable bonds is 7. The number of hydrogen-bond acceptors (Lipinski definition) is 3. The highest BCUT2D eigenvalue weighted by Gasteiger charge is 2.15. The van der Waals surface area contributed by atoms with Crippen molar-refractivity contribution in [3.63, 3.8) is 0 Å². The third kappa shape index (κ3) is 15.4. The zero-order valence-electron chi connectivity index (χ0n) is 12.5. The molecule has 0 saturated heterocycles. The third-order valence-electron chi connectivity index (χ3n) is 2.13. The van der Waals surface area contributed by atoms with E-state index in [2.05, 4.69) is 17.2 Å². The predicted molar refractivity (Wildman–Crippen MR) is 89.9 cm³/mol. The first kappa shape index (κ1) is 20.8. The molecule has 6 heteroatoms. The van der Waals surface area contributed by atoms with Crippen LogP contribution in [-0.2, 0) is 9.53 Å². The number of nitrogens with one attached hydrogen (secondary N) is 1. The second-order valence-electron chi connectivity index (χ2n) is 5.28. The molecule has 0 fully saturated rings. The fraction of sp³-hybridized carbons (Fsp3) is 0.846. The van der Waals surface area contributed by atoms with E-state index in [1.165, 1.54) is 19.3 Å². The first-order valence-corrected chi connectivity index (χ1v) is 6.61. The molecule has 5 nitrogen and oxygen atoms in total. The summed E-state index contributed by atoms with van der Waals surface area (Å²) in [5, 5.41) is 2.98. The first-order valence-electron chi connectivity index (χ1n) is 6.61. The van der Waals surface area contributed by atoms with Gasteiger partial charge in [0.2, 0.25) is 0 Å². The summed E-state index contributed by atoms with van der Waals surface area (Å²) in [5.41, 5.74) is 5.15. The van der Waals surface area contributed by atoms with E-state index in [4.69, 9.17) is 10.5 Å². The van der Waals surface area contributed by atoms with E-state index < -0.39 is 5.60 Å². The van der Waals surface area contributed by atoms with Gasteiger partial charge in [0, 0.05) is 6.54 Å². The molecule has 0 saturated carbocycles. The van der Waals surface area contributed by atoms with Gasteiger partial charge in [-0.25, -0.2) is 4.99 Å². The zero-order valence-corrected chi connectivity index (χ0v) is 14.8. The van der Waals surface area contributed by atoms with Crippen LogP contribution in [0.2, 0.25) is 0 Å². The summed E-state index contributed by atoms with van der Waals surface area (Å²) in [6.45, 7) is 8.40. The maximum atomic E-state index is 11.4. The van der Waals surface area contributed by atoms with E-state index in [-0.39, 0.29) is 36.5 Å². The molecule has 0 aliphatic rings. The van der Waals surface area contributed by atoms with E-state index in [1.54, 1.807) is 0 Å². The molecule has 0 aliphatic carbocycles. The van der Waals surface area contributed by atoms with Crippen LogP contribution in [0.25, 0.3) is 0 Å². The van der Waals surface area contributed by atoms with Crippen molar-refractivity contribution >= 4 is 35.9 Å². The fourth-order valence-electron chi connectivity index (χ4n) is 1.35. The molecule has 0 rings (SSSR count). The Morgan fingerprint density at radius 1 is 1.26 bits per heavy atom. The molecule has 19 heavy (non-hydrogen) atoms. The Bertz CT molecular complexity index is 276. The van der Waals surface area contributed by atoms with Gasteiger partial charge in [-0.05, 0) is 27.2 Å². The summed E-state index contributed by atoms with van der Waals surface area (Å²) in [7, 11) is 0. The molecule has 0 spiro atoms. The van der Waals surface area contributed by atoms with Crippen LogP contribution in [-0.4, -0.2) is 30.6 Å². The molecule has 0 amide bonds. The van der Waals surface area contributed by atoms with Gasteiger partial charge in [-0.2, -0.15) is 0 Å². The number of hydrogen-bond donors (Lipinski definition) is 2. The van der Waals surface area contributed by atoms with Crippen LogP contribution in [0.15, 0.2) is 4.99 Å². The minimum Gasteiger partial charge on any atom is -0.459 e. The molecule has 0 atom stereocenters. The SMILES string of the molecule is CCCCCCNC(N)=NCC(=O)OC(C)(C)C.I. The van der Waals surface area contributed by atoms with Crippen molar-refractivity contribution in [2.45, 2.75) is 59.0 Å². The number of guanidine groups is 1. The van der Waals surface area contributed by atoms with Gasteiger partial charge < -0.3 is 15.8 Å². The molecule has 0 unspecified atom stereocenters. The molecule has 0 aromatic heterocycles. The zero-order chi connectivity index (χ0) is 14.0. The van der Waals surface area contributed by atoms with Crippen LogP contribution in [0.4, 0.5) is 0 Å². The lowest BCUT2D eigenvalue weighted by molar-refractivity contribution is -0.152. The van der Waals surface area contributed by atoms with Gasteiger partial charge in [0.05, 0.1) is 0 Å². The molecular weight excluding hydrogens is 357 g/mol. The Balaban J connectivity index is 0. The van der Waals surface area contributed by atoms with E-state index in [1.807, 2.05) is 20.8 Å². The van der Waals surface area contributed by atoms with Crippen molar-refractivity contribution in [3.8, 4) is 0 Å². The Morgan fingerprint density at radius 3 is 2.42 bits per heavy atom. The number of unbranched alkanes of at least 4 members (excludes halogenated alkanes) is 3. The van der Waals surface area contributed by atoms with E-state index >= 15 is 0 Å². The number of halogens is 1. The van der Waals surface area contributed by atoms with Crippen molar-refractivity contribution in [2.75, 3.05) is 13.1 Å². The van der Waals surface area contributed by atoms with Crippen LogP contribution < -0.4 is 11.1 Å². The Kier molecular flexibility index (Phi) is 12.4. The second-order valence-corrected chi connectivity index (χ2v) is 5.28. The molecule has 0 heterocycles. The lowest BCUT2D eigenvalue weighted by atomic mass is 10.2. The topological polar surface area (TPSA) is 76.7 Å². The molecule has 114 valence electrons. The van der Waals surface area contributed by atoms with Gasteiger partial charge in [-0.1, -0.05) is 26.2 Å². The standard InChI is InChI=1S/C13H27N3O2.HI/c1-5-6-7-8-9-15-12(14)16-10-11(17)18-13(2,3)4;/h5-10H2,1-4H3,(H3,14,15,16);1H. The minimum atomic E-state index is -0.477. The smallest absolute Gasteiger partial charge is 0.328 e. The molecule has 0 aliphatic heterocycles. The normalized spacial score (nSPS) is 11.7. The molecule has 0 radical (unpaired) electrons. The highest BCUT2D eigenvalue weighted by Crippen LogP contribution is 2.06. The second kappa shape index (κ2) is 11.3. The minimum absolute atomic E-state index is 0. The summed E-state index contributed by atoms with van der Waals surface area (Å²) in [5.74, 6) is -0.0596. The lowest BCUT2D eigenvalue weighted by Gasteiger charge is -2.18. The van der Waals surface area contributed by atoms with Gasteiger partial charge in [0.15, 0.2) is 5.96 Å². The van der Waals surface area contributed by atoms with Crippen LogP contribution in [0.3, 0.4) is 0 Å². The molecule has 0 aromatic rings. The van der Waals surface area contributed by atoms with E-state index in [0.717, 1.165) is 13.0 Å².